The minimum Gasteiger partial charge on any atom is -0.396 e. The van der Waals surface area contributed by atoms with Crippen LogP contribution in [0.5, 0.6) is 0 Å². The van der Waals surface area contributed by atoms with E-state index in [0.717, 1.165) is 15.6 Å². The van der Waals surface area contributed by atoms with E-state index in [1.54, 1.807) is 42.6 Å². The van der Waals surface area contributed by atoms with Crippen molar-refractivity contribution < 1.29 is 13.5 Å². The molecular formula is C21H17BrN2O3S. The summed E-state index contributed by atoms with van der Waals surface area (Å²) in [6.45, 7) is 0.0296. The van der Waals surface area contributed by atoms with E-state index in [1.807, 2.05) is 30.3 Å². The number of benzene rings is 2. The molecule has 4 aromatic rings. The molecule has 7 heteroatoms. The molecule has 0 aliphatic heterocycles. The Kier molecular flexibility index (Phi) is 5.05. The quantitative estimate of drug-likeness (QED) is 0.487. The number of nitrogens with zero attached hydrogens (tertiary/aromatic N) is 2. The molecule has 4 rings (SSSR count). The van der Waals surface area contributed by atoms with Crippen molar-refractivity contribution in [2.24, 2.45) is 0 Å². The number of halogens is 1. The van der Waals surface area contributed by atoms with E-state index in [4.69, 9.17) is 0 Å². The van der Waals surface area contributed by atoms with Crippen molar-refractivity contribution in [3.63, 3.8) is 0 Å². The van der Waals surface area contributed by atoms with Gasteiger partial charge in [0.1, 0.15) is 0 Å². The molecular weight excluding hydrogens is 440 g/mol. The lowest BCUT2D eigenvalue weighted by Gasteiger charge is -2.12. The van der Waals surface area contributed by atoms with Gasteiger partial charge in [-0.3, -0.25) is 0 Å². The number of rotatable bonds is 5. The molecule has 0 spiro atoms. The largest absolute Gasteiger partial charge is 0.396 e. The zero-order chi connectivity index (χ0) is 19.7. The number of hydrogen-bond acceptors (Lipinski definition) is 4. The number of aliphatic hydroxyl groups is 1. The van der Waals surface area contributed by atoms with Crippen LogP contribution in [-0.4, -0.2) is 29.1 Å². The van der Waals surface area contributed by atoms with E-state index in [2.05, 4.69) is 20.9 Å². The average molecular weight is 457 g/mol. The van der Waals surface area contributed by atoms with Crippen LogP contribution in [0.25, 0.3) is 22.3 Å². The maximum atomic E-state index is 13.5. The van der Waals surface area contributed by atoms with Crippen molar-refractivity contribution >= 4 is 37.0 Å². The lowest BCUT2D eigenvalue weighted by atomic mass is 10.1. The number of pyridine rings is 1. The Labute approximate surface area is 171 Å². The summed E-state index contributed by atoms with van der Waals surface area (Å²) >= 11 is 3.50. The van der Waals surface area contributed by atoms with Gasteiger partial charge in [0.25, 0.3) is 10.0 Å². The Bertz CT molecular complexity index is 1250. The molecule has 0 saturated heterocycles. The molecule has 0 saturated carbocycles. The van der Waals surface area contributed by atoms with Crippen molar-refractivity contribution in [1.29, 1.82) is 0 Å². The summed E-state index contributed by atoms with van der Waals surface area (Å²) in [5, 5.41) is 9.96. The van der Waals surface area contributed by atoms with Gasteiger partial charge in [-0.1, -0.05) is 36.4 Å². The van der Waals surface area contributed by atoms with Gasteiger partial charge in [0.05, 0.1) is 10.6 Å². The van der Waals surface area contributed by atoms with Gasteiger partial charge in [0.15, 0.2) is 5.65 Å². The second kappa shape index (κ2) is 7.50. The van der Waals surface area contributed by atoms with Gasteiger partial charge in [-0.15, -0.1) is 0 Å². The molecule has 2 aromatic carbocycles. The minimum atomic E-state index is -3.86. The second-order valence-corrected chi connectivity index (χ2v) is 8.96. The van der Waals surface area contributed by atoms with Crippen LogP contribution >= 0.6 is 15.9 Å². The summed E-state index contributed by atoms with van der Waals surface area (Å²) in [5.41, 5.74) is 2.56. The fraction of sp³-hybridized carbons (Fsp3) is 0.0952. The topological polar surface area (TPSA) is 72.2 Å². The van der Waals surface area contributed by atoms with Crippen LogP contribution in [-0.2, 0) is 16.4 Å². The molecule has 0 unspecified atom stereocenters. The van der Waals surface area contributed by atoms with Crippen LogP contribution < -0.4 is 0 Å². The molecule has 0 bridgehead atoms. The van der Waals surface area contributed by atoms with Crippen LogP contribution in [0.2, 0.25) is 0 Å². The van der Waals surface area contributed by atoms with Crippen LogP contribution in [0.1, 0.15) is 5.56 Å². The van der Waals surface area contributed by atoms with Gasteiger partial charge < -0.3 is 5.11 Å². The van der Waals surface area contributed by atoms with Gasteiger partial charge in [-0.25, -0.2) is 17.4 Å². The molecule has 142 valence electrons. The maximum Gasteiger partial charge on any atom is 0.269 e. The molecule has 0 amide bonds. The highest BCUT2D eigenvalue weighted by atomic mass is 79.9. The summed E-state index contributed by atoms with van der Waals surface area (Å²) in [6.07, 6.45) is 2.08. The number of aromatic nitrogens is 2. The molecule has 0 fully saturated rings. The van der Waals surface area contributed by atoms with E-state index in [9.17, 15) is 13.5 Å². The first-order chi connectivity index (χ1) is 13.5. The van der Waals surface area contributed by atoms with Crippen molar-refractivity contribution in [3.8, 4) is 11.3 Å². The van der Waals surface area contributed by atoms with Crippen LogP contribution in [0.3, 0.4) is 0 Å². The van der Waals surface area contributed by atoms with Gasteiger partial charge in [0, 0.05) is 22.7 Å². The van der Waals surface area contributed by atoms with E-state index >= 15 is 0 Å². The van der Waals surface area contributed by atoms with E-state index < -0.39 is 10.0 Å². The van der Waals surface area contributed by atoms with Crippen molar-refractivity contribution in [3.05, 3.63) is 83.0 Å². The number of fused-ring (bicyclic) bond motifs is 1. The van der Waals surface area contributed by atoms with Crippen LogP contribution in [0.4, 0.5) is 0 Å². The predicted octanol–water partition coefficient (Wildman–Crippen LogP) is 4.24. The first-order valence-corrected chi connectivity index (χ1v) is 10.9. The smallest absolute Gasteiger partial charge is 0.269 e. The fourth-order valence-electron chi connectivity index (χ4n) is 3.20. The molecule has 0 aliphatic rings. The van der Waals surface area contributed by atoms with Crippen LogP contribution in [0, 0.1) is 0 Å². The highest BCUT2D eigenvalue weighted by molar-refractivity contribution is 9.10. The Morgan fingerprint density at radius 3 is 2.54 bits per heavy atom. The molecule has 0 radical (unpaired) electrons. The normalized spacial score (nSPS) is 11.8. The van der Waals surface area contributed by atoms with Gasteiger partial charge in [-0.2, -0.15) is 0 Å². The first kappa shape index (κ1) is 18.9. The zero-order valence-corrected chi connectivity index (χ0v) is 17.2. The lowest BCUT2D eigenvalue weighted by Crippen LogP contribution is -2.14. The molecule has 2 heterocycles. The van der Waals surface area contributed by atoms with Crippen molar-refractivity contribution in [2.75, 3.05) is 6.61 Å². The Morgan fingerprint density at radius 1 is 1.00 bits per heavy atom. The molecule has 0 atom stereocenters. The fourth-order valence-corrected chi connectivity index (χ4v) is 5.11. The maximum absolute atomic E-state index is 13.5. The highest BCUT2D eigenvalue weighted by Gasteiger charge is 2.25. The monoisotopic (exact) mass is 456 g/mol. The van der Waals surface area contributed by atoms with Gasteiger partial charge >= 0.3 is 0 Å². The molecule has 5 nitrogen and oxygen atoms in total. The zero-order valence-electron chi connectivity index (χ0n) is 14.8. The Morgan fingerprint density at radius 2 is 1.79 bits per heavy atom. The molecule has 28 heavy (non-hydrogen) atoms. The van der Waals surface area contributed by atoms with E-state index in [1.165, 1.54) is 3.97 Å². The van der Waals surface area contributed by atoms with Crippen LogP contribution in [0.15, 0.2) is 82.3 Å². The third-order valence-electron chi connectivity index (χ3n) is 4.51. The molecule has 1 N–H and O–H groups in total. The lowest BCUT2D eigenvalue weighted by molar-refractivity contribution is 0.299. The third kappa shape index (κ3) is 3.26. The second-order valence-electron chi connectivity index (χ2n) is 6.32. The third-order valence-corrected chi connectivity index (χ3v) is 6.92. The standard InChI is InChI=1S/C21H17BrN2O3S/c22-19-9-11-23-21-18(19)14-20(16-6-4-5-15(13-16)10-12-25)24(21)28(26,27)17-7-2-1-3-8-17/h1-9,11,13-14,25H,10,12H2. The first-order valence-electron chi connectivity index (χ1n) is 8.69. The Balaban J connectivity index is 2.04. The summed E-state index contributed by atoms with van der Waals surface area (Å²) in [4.78, 5) is 4.55. The van der Waals surface area contributed by atoms with Crippen molar-refractivity contribution in [2.45, 2.75) is 11.3 Å². The van der Waals surface area contributed by atoms with E-state index in [0.29, 0.717) is 23.1 Å². The summed E-state index contributed by atoms with van der Waals surface area (Å²) in [6, 6.07) is 19.5. The average Bonchev–Trinajstić information content (AvgIpc) is 3.11. The van der Waals surface area contributed by atoms with Gasteiger partial charge in [-0.05, 0) is 63.8 Å². The van der Waals surface area contributed by atoms with E-state index in [-0.39, 0.29) is 11.5 Å². The number of aliphatic hydroxyl groups excluding tert-OH is 1. The minimum absolute atomic E-state index is 0.0296. The van der Waals surface area contributed by atoms with Crippen molar-refractivity contribution in [1.82, 2.24) is 8.96 Å². The summed E-state index contributed by atoms with van der Waals surface area (Å²) < 4.78 is 29.0. The predicted molar refractivity (Wildman–Crippen MR) is 113 cm³/mol. The molecule has 0 aliphatic carbocycles. The van der Waals surface area contributed by atoms with Gasteiger partial charge in [0.2, 0.25) is 0 Å². The Hall–Kier alpha value is -2.48. The molecule has 2 aromatic heterocycles. The summed E-state index contributed by atoms with van der Waals surface area (Å²) in [5.74, 6) is 0. The summed E-state index contributed by atoms with van der Waals surface area (Å²) in [7, 11) is -3.86. The highest BCUT2D eigenvalue weighted by Crippen LogP contribution is 2.34. The SMILES string of the molecule is O=S(=O)(c1ccccc1)n1c(-c2cccc(CCO)c2)cc2c(Br)ccnc21. The number of hydrogen-bond donors (Lipinski definition) is 1.